The molecule has 1 N–H and O–H groups in total. The summed E-state index contributed by atoms with van der Waals surface area (Å²) >= 11 is 0. The van der Waals surface area contributed by atoms with Crippen molar-refractivity contribution >= 4 is 11.9 Å². The van der Waals surface area contributed by atoms with Crippen LogP contribution in [0, 0.1) is 19.7 Å². The first-order chi connectivity index (χ1) is 18.9. The Labute approximate surface area is 222 Å². The second-order valence-corrected chi connectivity index (χ2v) is 9.09. The maximum Gasteiger partial charge on any atom is 0.496 e. The van der Waals surface area contributed by atoms with Gasteiger partial charge < -0.3 is 9.32 Å². The van der Waals surface area contributed by atoms with Gasteiger partial charge in [0.25, 0.3) is 11.5 Å². The number of benzene rings is 1. The molecule has 0 aliphatic carbocycles. The van der Waals surface area contributed by atoms with E-state index in [2.05, 4.69) is 20.1 Å². The van der Waals surface area contributed by atoms with Crippen LogP contribution in [0.4, 0.5) is 17.6 Å². The Morgan fingerprint density at radius 1 is 1.18 bits per heavy atom. The maximum atomic E-state index is 14.8. The molecule has 0 saturated heterocycles. The monoisotopic (exact) mass is 561 g/mol. The molecule has 4 aromatic rings. The van der Waals surface area contributed by atoms with Crippen molar-refractivity contribution < 1.29 is 41.3 Å². The molecule has 15 heteroatoms. The summed E-state index contributed by atoms with van der Waals surface area (Å²) in [4.78, 5) is 42.8. The molecular weight excluding hydrogens is 540 g/mol. The van der Waals surface area contributed by atoms with E-state index in [9.17, 15) is 31.9 Å². The first-order valence-electron chi connectivity index (χ1n) is 11.9. The highest BCUT2D eigenvalue weighted by molar-refractivity contribution is 5.94. The summed E-state index contributed by atoms with van der Waals surface area (Å²) in [5.74, 6) is -3.83. The van der Waals surface area contributed by atoms with Crippen LogP contribution in [-0.2, 0) is 24.3 Å². The van der Waals surface area contributed by atoms with E-state index in [1.54, 1.807) is 19.9 Å². The van der Waals surface area contributed by atoms with E-state index in [1.807, 2.05) is 0 Å². The van der Waals surface area contributed by atoms with E-state index in [1.165, 1.54) is 33.9 Å². The minimum atomic E-state index is -5.29. The molecule has 0 saturated carbocycles. The number of alkyl halides is 3. The predicted molar refractivity (Wildman–Crippen MR) is 126 cm³/mol. The fourth-order valence-corrected chi connectivity index (χ4v) is 4.29. The predicted octanol–water partition coefficient (Wildman–Crippen LogP) is 2.03. The number of aromatic amines is 1. The summed E-state index contributed by atoms with van der Waals surface area (Å²) < 4.78 is 60.3. The number of amides is 1. The number of hydrogen-bond acceptors (Lipinski definition) is 7. The molecule has 1 aromatic carbocycles. The molecule has 1 aliphatic rings. The van der Waals surface area contributed by atoms with Gasteiger partial charge in [-0.05, 0) is 49.2 Å². The van der Waals surface area contributed by atoms with Crippen molar-refractivity contribution in [3.8, 4) is 11.6 Å². The third-order valence-corrected chi connectivity index (χ3v) is 6.59. The van der Waals surface area contributed by atoms with Crippen LogP contribution in [0.2, 0.25) is 0 Å². The molecule has 40 heavy (non-hydrogen) atoms. The molecule has 11 nitrogen and oxygen atoms in total. The average molecular weight is 561 g/mol. The van der Waals surface area contributed by atoms with Crippen LogP contribution < -0.4 is 15.2 Å². The Balaban J connectivity index is 1.45. The molecule has 5 rings (SSSR count). The first-order valence-corrected chi connectivity index (χ1v) is 11.9. The van der Waals surface area contributed by atoms with Crippen LogP contribution in [0.25, 0.3) is 11.6 Å². The van der Waals surface area contributed by atoms with E-state index in [0.717, 1.165) is 6.07 Å². The summed E-state index contributed by atoms with van der Waals surface area (Å²) in [7, 11) is 0. The molecule has 4 heterocycles. The quantitative estimate of drug-likeness (QED) is 0.292. The van der Waals surface area contributed by atoms with E-state index >= 15 is 0 Å². The Kier molecular flexibility index (Phi) is 6.73. The van der Waals surface area contributed by atoms with Gasteiger partial charge in [-0.15, -0.1) is 0 Å². The zero-order chi connectivity index (χ0) is 28.8. The number of hydrogen-bond donors (Lipinski definition) is 1. The van der Waals surface area contributed by atoms with Gasteiger partial charge in [-0.25, -0.2) is 23.7 Å². The van der Waals surface area contributed by atoms with E-state index in [-0.39, 0.29) is 54.6 Å². The largest absolute Gasteiger partial charge is 0.496 e. The van der Waals surface area contributed by atoms with Gasteiger partial charge in [-0.2, -0.15) is 18.3 Å². The van der Waals surface area contributed by atoms with Crippen molar-refractivity contribution in [2.24, 2.45) is 0 Å². The smallest absolute Gasteiger partial charge is 0.459 e. The lowest BCUT2D eigenvalue weighted by Crippen LogP contribution is -2.56. The highest BCUT2D eigenvalue weighted by atomic mass is 19.4. The SMILES string of the molecule is Cc1c(Cc2ccc(F)c(C(=O)N3CCn4c(-c5ccco5)n[n+](OC(=O)C(F)(F)F)c4C3)c2)n[nH]c(=O)c1C. The molecule has 0 bridgehead atoms. The third kappa shape index (κ3) is 4.97. The minimum Gasteiger partial charge on any atom is -0.459 e. The number of nitrogens with zero attached hydrogens (tertiary/aromatic N) is 5. The third-order valence-electron chi connectivity index (χ3n) is 6.59. The Morgan fingerprint density at radius 3 is 2.65 bits per heavy atom. The van der Waals surface area contributed by atoms with Gasteiger partial charge in [0.15, 0.2) is 5.76 Å². The van der Waals surface area contributed by atoms with Gasteiger partial charge in [0.05, 0.1) is 28.9 Å². The second kappa shape index (κ2) is 10.1. The van der Waals surface area contributed by atoms with E-state index in [4.69, 9.17) is 4.42 Å². The summed E-state index contributed by atoms with van der Waals surface area (Å²) in [5.41, 5.74) is 1.64. The molecule has 208 valence electrons. The Morgan fingerprint density at radius 2 is 1.95 bits per heavy atom. The number of aromatic nitrogens is 5. The van der Waals surface area contributed by atoms with Crippen LogP contribution in [0.3, 0.4) is 0 Å². The van der Waals surface area contributed by atoms with Gasteiger partial charge in [-0.3, -0.25) is 9.59 Å². The lowest BCUT2D eigenvalue weighted by atomic mass is 10.0. The standard InChI is InChI=1S/C25H20F4N6O5/c1-13-14(2)22(36)31-30-18(13)11-15-5-6-17(26)16(10-15)23(37)33-7-8-34-20(12-33)35(40-24(38)25(27,28)29)32-21(34)19-4-3-9-39-19/h3-6,9-10H,7-8,11-12H2,1-2H3/p+1. The maximum absolute atomic E-state index is 14.8. The minimum absolute atomic E-state index is 0.0434. The van der Waals surface area contributed by atoms with Crippen molar-refractivity contribution in [1.29, 1.82) is 0 Å². The van der Waals surface area contributed by atoms with Crippen molar-refractivity contribution in [2.45, 2.75) is 39.5 Å². The number of furan rings is 1. The summed E-state index contributed by atoms with van der Waals surface area (Å²) in [6, 6.07) is 7.04. The molecule has 3 aromatic heterocycles. The van der Waals surface area contributed by atoms with Crippen LogP contribution >= 0.6 is 0 Å². The summed E-state index contributed by atoms with van der Waals surface area (Å²) in [6.45, 7) is 3.13. The normalized spacial score (nSPS) is 13.3. The molecular formula is C25H21F4N6O5+. The highest BCUT2D eigenvalue weighted by Gasteiger charge is 2.46. The van der Waals surface area contributed by atoms with E-state index in [0.29, 0.717) is 27.2 Å². The Bertz CT molecular complexity index is 1680. The fourth-order valence-electron chi connectivity index (χ4n) is 4.29. The van der Waals surface area contributed by atoms with Gasteiger partial charge in [0.1, 0.15) is 18.9 Å². The lowest BCUT2D eigenvalue weighted by molar-refractivity contribution is -0.919. The van der Waals surface area contributed by atoms with Crippen LogP contribution in [0.15, 0.2) is 45.8 Å². The summed E-state index contributed by atoms with van der Waals surface area (Å²) in [5, 5.41) is 10.4. The number of H-pyrrole nitrogens is 1. The second-order valence-electron chi connectivity index (χ2n) is 9.09. The van der Waals surface area contributed by atoms with Crippen molar-refractivity contribution in [2.75, 3.05) is 6.54 Å². The fraction of sp³-hybridized carbons (Fsp3) is 0.280. The van der Waals surface area contributed by atoms with Crippen molar-refractivity contribution in [1.82, 2.24) is 24.8 Å². The van der Waals surface area contributed by atoms with Crippen molar-refractivity contribution in [3.05, 3.63) is 86.5 Å². The molecule has 0 radical (unpaired) electrons. The molecule has 0 fully saturated rings. The Hall–Kier alpha value is -4.82. The van der Waals surface area contributed by atoms with Crippen LogP contribution in [-0.4, -0.2) is 49.4 Å². The molecule has 1 amide bonds. The van der Waals surface area contributed by atoms with Gasteiger partial charge >= 0.3 is 23.8 Å². The molecule has 0 spiro atoms. The van der Waals surface area contributed by atoms with Crippen LogP contribution in [0.5, 0.6) is 0 Å². The zero-order valence-corrected chi connectivity index (χ0v) is 21.1. The van der Waals surface area contributed by atoms with Crippen LogP contribution in [0.1, 0.15) is 38.6 Å². The number of carbonyl (C=O) groups excluding carboxylic acids is 2. The van der Waals surface area contributed by atoms with Gasteiger partial charge in [-0.1, -0.05) is 6.07 Å². The van der Waals surface area contributed by atoms with Gasteiger partial charge in [0, 0.05) is 17.1 Å². The molecule has 0 unspecified atom stereocenters. The average Bonchev–Trinajstić information content (AvgIpc) is 3.57. The molecule has 0 atom stereocenters. The van der Waals surface area contributed by atoms with Gasteiger partial charge in [0.2, 0.25) is 0 Å². The number of nitrogens with one attached hydrogen (secondary N) is 1. The lowest BCUT2D eigenvalue weighted by Gasteiger charge is -2.24. The zero-order valence-electron chi connectivity index (χ0n) is 21.1. The number of halogens is 4. The number of fused-ring (bicyclic) bond motifs is 1. The molecule has 1 aliphatic heterocycles. The topological polar surface area (TPSA) is 127 Å². The highest BCUT2D eigenvalue weighted by Crippen LogP contribution is 2.24. The van der Waals surface area contributed by atoms with Crippen molar-refractivity contribution in [3.63, 3.8) is 0 Å². The first kappa shape index (κ1) is 26.8. The van der Waals surface area contributed by atoms with E-state index < -0.39 is 23.9 Å². The summed E-state index contributed by atoms with van der Waals surface area (Å²) in [6.07, 6.45) is -3.75. The number of rotatable bonds is 5. The number of carbonyl (C=O) groups is 2.